The highest BCUT2D eigenvalue weighted by Gasteiger charge is 2.05. The van der Waals surface area contributed by atoms with Crippen LogP contribution in [0.5, 0.6) is 5.75 Å². The van der Waals surface area contributed by atoms with Crippen molar-refractivity contribution in [1.29, 1.82) is 0 Å². The highest BCUT2D eigenvalue weighted by atomic mass is 32.2. The molecular formula is C17H21NOS. The maximum absolute atomic E-state index is 6.04. The molecule has 2 aromatic rings. The Labute approximate surface area is 125 Å². The number of hydrogen-bond acceptors (Lipinski definition) is 3. The topological polar surface area (TPSA) is 35.2 Å². The second kappa shape index (κ2) is 6.71. The van der Waals surface area contributed by atoms with Crippen molar-refractivity contribution >= 4 is 17.4 Å². The molecule has 0 saturated heterocycles. The molecule has 0 saturated carbocycles. The number of nitrogen functional groups attached to an aromatic ring is 1. The van der Waals surface area contributed by atoms with Crippen molar-refractivity contribution in [3.05, 3.63) is 53.1 Å². The molecule has 2 rings (SSSR count). The van der Waals surface area contributed by atoms with Gasteiger partial charge in [0.15, 0.2) is 0 Å². The molecule has 3 heteroatoms. The van der Waals surface area contributed by atoms with Gasteiger partial charge < -0.3 is 10.5 Å². The van der Waals surface area contributed by atoms with Crippen molar-refractivity contribution in [2.45, 2.75) is 31.4 Å². The van der Waals surface area contributed by atoms with Crippen LogP contribution < -0.4 is 10.5 Å². The van der Waals surface area contributed by atoms with Crippen LogP contribution in [0.4, 0.5) is 5.69 Å². The van der Waals surface area contributed by atoms with Gasteiger partial charge in [-0.05, 0) is 50.1 Å². The number of benzene rings is 2. The second-order valence-electron chi connectivity index (χ2n) is 4.85. The van der Waals surface area contributed by atoms with Gasteiger partial charge in [-0.3, -0.25) is 0 Å². The van der Waals surface area contributed by atoms with E-state index in [-0.39, 0.29) is 0 Å². The number of ether oxygens (including phenoxy) is 1. The summed E-state index contributed by atoms with van der Waals surface area (Å²) in [5.41, 5.74) is 10.8. The molecule has 2 N–H and O–H groups in total. The zero-order valence-electron chi connectivity index (χ0n) is 12.3. The molecule has 0 unspecified atom stereocenters. The Morgan fingerprint density at radius 1 is 1.10 bits per heavy atom. The summed E-state index contributed by atoms with van der Waals surface area (Å²) in [5.74, 6) is 1.80. The summed E-state index contributed by atoms with van der Waals surface area (Å²) >= 11 is 1.76. The van der Waals surface area contributed by atoms with Crippen LogP contribution in [0.1, 0.15) is 23.6 Å². The molecule has 0 amide bonds. The van der Waals surface area contributed by atoms with E-state index in [2.05, 4.69) is 32.0 Å². The molecule has 0 aliphatic heterocycles. The van der Waals surface area contributed by atoms with Gasteiger partial charge in [-0.2, -0.15) is 0 Å². The van der Waals surface area contributed by atoms with Crippen molar-refractivity contribution in [1.82, 2.24) is 0 Å². The fraction of sp³-hybridized carbons (Fsp3) is 0.294. The molecule has 2 nitrogen and oxygen atoms in total. The standard InChI is InChI=1S/C17H21NOS/c1-4-19-15-7-8-16(18)17(10-15)20-11-14-9-12(2)5-6-13(14)3/h5-10H,4,11,18H2,1-3H3. The van der Waals surface area contributed by atoms with Crippen molar-refractivity contribution in [3.63, 3.8) is 0 Å². The average molecular weight is 287 g/mol. The molecule has 0 radical (unpaired) electrons. The molecular weight excluding hydrogens is 266 g/mol. The van der Waals surface area contributed by atoms with Gasteiger partial charge in [0.25, 0.3) is 0 Å². The second-order valence-corrected chi connectivity index (χ2v) is 5.87. The van der Waals surface area contributed by atoms with E-state index in [9.17, 15) is 0 Å². The summed E-state index contributed by atoms with van der Waals surface area (Å²) in [4.78, 5) is 1.08. The van der Waals surface area contributed by atoms with Crippen molar-refractivity contribution in [3.8, 4) is 5.75 Å². The Kier molecular flexibility index (Phi) is 4.96. The van der Waals surface area contributed by atoms with Gasteiger partial charge in [0, 0.05) is 16.3 Å². The van der Waals surface area contributed by atoms with Gasteiger partial charge in [0.05, 0.1) is 6.61 Å². The zero-order valence-corrected chi connectivity index (χ0v) is 13.1. The highest BCUT2D eigenvalue weighted by Crippen LogP contribution is 2.32. The van der Waals surface area contributed by atoms with Gasteiger partial charge in [-0.1, -0.05) is 23.8 Å². The van der Waals surface area contributed by atoms with Crippen molar-refractivity contribution in [2.75, 3.05) is 12.3 Å². The molecule has 0 bridgehead atoms. The van der Waals surface area contributed by atoms with Gasteiger partial charge in [-0.25, -0.2) is 0 Å². The van der Waals surface area contributed by atoms with Crippen LogP contribution in [-0.4, -0.2) is 6.61 Å². The fourth-order valence-electron chi connectivity index (χ4n) is 2.01. The summed E-state index contributed by atoms with van der Waals surface area (Å²) in [7, 11) is 0. The van der Waals surface area contributed by atoms with E-state index in [4.69, 9.17) is 10.5 Å². The Hall–Kier alpha value is -1.61. The molecule has 20 heavy (non-hydrogen) atoms. The fourth-order valence-corrected chi connectivity index (χ4v) is 3.06. The highest BCUT2D eigenvalue weighted by molar-refractivity contribution is 7.98. The van der Waals surface area contributed by atoms with E-state index < -0.39 is 0 Å². The van der Waals surface area contributed by atoms with E-state index >= 15 is 0 Å². The summed E-state index contributed by atoms with van der Waals surface area (Å²) in [5, 5.41) is 0. The maximum Gasteiger partial charge on any atom is 0.120 e. The van der Waals surface area contributed by atoms with Crippen LogP contribution in [0.25, 0.3) is 0 Å². The molecule has 0 heterocycles. The lowest BCUT2D eigenvalue weighted by atomic mass is 10.1. The maximum atomic E-state index is 6.04. The first-order valence-electron chi connectivity index (χ1n) is 6.81. The first kappa shape index (κ1) is 14.8. The third-order valence-electron chi connectivity index (χ3n) is 3.18. The number of thioether (sulfide) groups is 1. The van der Waals surface area contributed by atoms with Crippen LogP contribution in [0.3, 0.4) is 0 Å². The van der Waals surface area contributed by atoms with Gasteiger partial charge >= 0.3 is 0 Å². The van der Waals surface area contributed by atoms with Crippen LogP contribution in [0.2, 0.25) is 0 Å². The molecule has 0 aliphatic rings. The SMILES string of the molecule is CCOc1ccc(N)c(SCc2cc(C)ccc2C)c1. The monoisotopic (exact) mass is 287 g/mol. The quantitative estimate of drug-likeness (QED) is 0.646. The molecule has 0 aliphatic carbocycles. The number of rotatable bonds is 5. The minimum absolute atomic E-state index is 0.672. The lowest BCUT2D eigenvalue weighted by Crippen LogP contribution is -1.95. The average Bonchev–Trinajstić information content (AvgIpc) is 2.43. The normalized spacial score (nSPS) is 10.6. The Morgan fingerprint density at radius 3 is 2.65 bits per heavy atom. The van der Waals surface area contributed by atoms with Gasteiger partial charge in [-0.15, -0.1) is 11.8 Å². The molecule has 106 valence electrons. The largest absolute Gasteiger partial charge is 0.494 e. The van der Waals surface area contributed by atoms with E-state index in [0.29, 0.717) is 6.61 Å². The van der Waals surface area contributed by atoms with Crippen LogP contribution >= 0.6 is 11.8 Å². The zero-order chi connectivity index (χ0) is 14.5. The minimum atomic E-state index is 0.672. The van der Waals surface area contributed by atoms with Crippen molar-refractivity contribution in [2.24, 2.45) is 0 Å². The molecule has 0 spiro atoms. The number of hydrogen-bond donors (Lipinski definition) is 1. The third-order valence-corrected chi connectivity index (χ3v) is 4.30. The molecule has 0 atom stereocenters. The lowest BCUT2D eigenvalue weighted by Gasteiger charge is -2.10. The first-order chi connectivity index (χ1) is 9.60. The number of nitrogens with two attached hydrogens (primary N) is 1. The molecule has 0 fully saturated rings. The Morgan fingerprint density at radius 2 is 1.90 bits per heavy atom. The predicted octanol–water partition coefficient (Wildman–Crippen LogP) is 4.58. The van der Waals surface area contributed by atoms with Gasteiger partial charge in [0.2, 0.25) is 0 Å². The van der Waals surface area contributed by atoms with E-state index in [1.807, 2.05) is 25.1 Å². The summed E-state index contributed by atoms with van der Waals surface area (Å²) in [6, 6.07) is 12.4. The Bertz CT molecular complexity index is 596. The smallest absolute Gasteiger partial charge is 0.120 e. The van der Waals surface area contributed by atoms with E-state index in [0.717, 1.165) is 22.1 Å². The number of anilines is 1. The third kappa shape index (κ3) is 3.70. The van der Waals surface area contributed by atoms with E-state index in [1.54, 1.807) is 11.8 Å². The molecule has 2 aromatic carbocycles. The van der Waals surface area contributed by atoms with Crippen LogP contribution in [-0.2, 0) is 5.75 Å². The first-order valence-corrected chi connectivity index (χ1v) is 7.80. The summed E-state index contributed by atoms with van der Waals surface area (Å²) < 4.78 is 5.53. The molecule has 0 aromatic heterocycles. The Balaban J connectivity index is 2.13. The minimum Gasteiger partial charge on any atom is -0.494 e. The summed E-state index contributed by atoms with van der Waals surface area (Å²) in [6.45, 7) is 6.93. The number of aryl methyl sites for hydroxylation is 2. The van der Waals surface area contributed by atoms with Crippen molar-refractivity contribution < 1.29 is 4.74 Å². The lowest BCUT2D eigenvalue weighted by molar-refractivity contribution is 0.339. The van der Waals surface area contributed by atoms with Crippen LogP contribution in [0.15, 0.2) is 41.3 Å². The van der Waals surface area contributed by atoms with E-state index in [1.165, 1.54) is 16.7 Å². The van der Waals surface area contributed by atoms with Gasteiger partial charge in [0.1, 0.15) is 5.75 Å². The van der Waals surface area contributed by atoms with Crippen LogP contribution in [0, 0.1) is 13.8 Å². The summed E-state index contributed by atoms with van der Waals surface area (Å²) in [6.07, 6.45) is 0. The predicted molar refractivity (Wildman–Crippen MR) is 87.5 cm³/mol.